The largest absolute Gasteiger partial charge is 0.465 e. The summed E-state index contributed by atoms with van der Waals surface area (Å²) >= 11 is 0. The Morgan fingerprint density at radius 3 is 2.57 bits per heavy atom. The van der Waals surface area contributed by atoms with E-state index in [9.17, 15) is 18.0 Å². The van der Waals surface area contributed by atoms with Crippen LogP contribution in [-0.4, -0.2) is 38.7 Å². The van der Waals surface area contributed by atoms with Crippen LogP contribution in [0.3, 0.4) is 0 Å². The van der Waals surface area contributed by atoms with Crippen molar-refractivity contribution in [1.82, 2.24) is 20.0 Å². The van der Waals surface area contributed by atoms with Crippen molar-refractivity contribution in [3.63, 3.8) is 0 Å². The second-order valence-electron chi connectivity index (χ2n) is 5.77. The number of fused-ring (bicyclic) bond motifs is 1. The molecule has 146 valence electrons. The van der Waals surface area contributed by atoms with Gasteiger partial charge in [-0.05, 0) is 30.3 Å². The number of esters is 1. The molecule has 0 atom stereocenters. The Bertz CT molecular complexity index is 1090. The van der Waals surface area contributed by atoms with Gasteiger partial charge in [-0.15, -0.1) is 0 Å². The molecule has 0 radical (unpaired) electrons. The first-order valence-electron chi connectivity index (χ1n) is 7.79. The van der Waals surface area contributed by atoms with Gasteiger partial charge in [-0.3, -0.25) is 16.1 Å². The summed E-state index contributed by atoms with van der Waals surface area (Å²) in [6.07, 6.45) is -4.52. The molecule has 0 aliphatic carbocycles. The summed E-state index contributed by atoms with van der Waals surface area (Å²) in [4.78, 5) is 20.5. The highest BCUT2D eigenvalue weighted by atomic mass is 19.4. The van der Waals surface area contributed by atoms with Crippen molar-refractivity contribution in [3.05, 3.63) is 47.2 Å². The molecule has 0 spiro atoms. The maximum absolute atomic E-state index is 13.0. The minimum atomic E-state index is -4.52. The maximum Gasteiger partial charge on any atom is 0.416 e. The van der Waals surface area contributed by atoms with Crippen molar-refractivity contribution in [2.24, 2.45) is 7.05 Å². The van der Waals surface area contributed by atoms with Gasteiger partial charge in [0.15, 0.2) is 11.7 Å². The normalized spacial score (nSPS) is 11.5. The predicted molar refractivity (Wildman–Crippen MR) is 92.0 cm³/mol. The summed E-state index contributed by atoms with van der Waals surface area (Å²) in [6.45, 7) is 0. The number of carbonyl (C=O) groups is 1. The first-order valence-corrected chi connectivity index (χ1v) is 7.79. The minimum Gasteiger partial charge on any atom is -0.465 e. The van der Waals surface area contributed by atoms with Crippen molar-refractivity contribution in [2.45, 2.75) is 6.18 Å². The molecule has 28 heavy (non-hydrogen) atoms. The van der Waals surface area contributed by atoms with Gasteiger partial charge in [0.2, 0.25) is 0 Å². The third-order valence-electron chi connectivity index (χ3n) is 4.09. The standard InChI is InChI=1S/C17H14F3N5O3/c1-25-12-6-3-8(17(18,19)20)7-11(12)23-15(25)13-9(16(26)28-2)4-5-10(22-13)14(21)24-27/h3-7,27H,1-2H3,(H2,21,24). The van der Waals surface area contributed by atoms with Gasteiger partial charge >= 0.3 is 12.1 Å². The molecule has 0 aliphatic heterocycles. The summed E-state index contributed by atoms with van der Waals surface area (Å²) in [5, 5.41) is 16.5. The number of hydrogen-bond donors (Lipinski definition) is 3. The minimum absolute atomic E-state index is 0.00314. The van der Waals surface area contributed by atoms with Crippen molar-refractivity contribution < 1.29 is 27.9 Å². The molecule has 0 aliphatic rings. The van der Waals surface area contributed by atoms with E-state index in [1.165, 1.54) is 29.9 Å². The van der Waals surface area contributed by atoms with E-state index in [1.807, 2.05) is 0 Å². The molecule has 0 amide bonds. The maximum atomic E-state index is 13.0. The highest BCUT2D eigenvalue weighted by Crippen LogP contribution is 2.33. The number of hydrogen-bond acceptors (Lipinski definition) is 6. The predicted octanol–water partition coefficient (Wildman–Crippen LogP) is 2.74. The quantitative estimate of drug-likeness (QED) is 0.273. The fourth-order valence-corrected chi connectivity index (χ4v) is 2.69. The van der Waals surface area contributed by atoms with Gasteiger partial charge in [0.05, 0.1) is 29.3 Å². The molecule has 2 aromatic heterocycles. The molecule has 0 unspecified atom stereocenters. The van der Waals surface area contributed by atoms with E-state index in [-0.39, 0.29) is 28.3 Å². The van der Waals surface area contributed by atoms with Gasteiger partial charge < -0.3 is 9.30 Å². The molecule has 0 saturated carbocycles. The molecule has 3 rings (SSSR count). The molecule has 1 aromatic carbocycles. The van der Waals surface area contributed by atoms with Crippen LogP contribution in [0.2, 0.25) is 0 Å². The molecule has 3 aromatic rings. The molecule has 0 fully saturated rings. The number of nitrogens with zero attached hydrogens (tertiary/aromatic N) is 3. The molecule has 3 N–H and O–H groups in total. The number of aryl methyl sites for hydroxylation is 1. The van der Waals surface area contributed by atoms with Crippen molar-refractivity contribution >= 4 is 22.8 Å². The fraction of sp³-hybridized carbons (Fsp3) is 0.176. The number of halogens is 3. The van der Waals surface area contributed by atoms with Gasteiger partial charge in [0.1, 0.15) is 11.4 Å². The monoisotopic (exact) mass is 393 g/mol. The van der Waals surface area contributed by atoms with Crippen LogP contribution in [0.5, 0.6) is 0 Å². The number of methoxy groups -OCH3 is 1. The molecule has 2 heterocycles. The van der Waals surface area contributed by atoms with Crippen molar-refractivity contribution in [3.8, 4) is 11.5 Å². The van der Waals surface area contributed by atoms with E-state index < -0.39 is 23.5 Å². The first-order chi connectivity index (χ1) is 13.2. The van der Waals surface area contributed by atoms with Gasteiger partial charge in [-0.1, -0.05) is 0 Å². The third-order valence-corrected chi connectivity index (χ3v) is 4.09. The Kier molecular flexibility index (Phi) is 4.77. The van der Waals surface area contributed by atoms with E-state index in [0.717, 1.165) is 12.1 Å². The number of alkyl halides is 3. The molecular formula is C17H14F3N5O3. The second kappa shape index (κ2) is 6.93. The lowest BCUT2D eigenvalue weighted by Crippen LogP contribution is -2.21. The highest BCUT2D eigenvalue weighted by molar-refractivity contribution is 5.99. The lowest BCUT2D eigenvalue weighted by molar-refractivity contribution is -0.137. The van der Waals surface area contributed by atoms with Gasteiger partial charge in [0.25, 0.3) is 0 Å². The van der Waals surface area contributed by atoms with Crippen LogP contribution in [0.15, 0.2) is 30.3 Å². The third kappa shape index (κ3) is 3.27. The summed E-state index contributed by atoms with van der Waals surface area (Å²) in [6, 6.07) is 5.75. The number of carbonyl (C=O) groups excluding carboxylic acids is 1. The number of nitrogens with one attached hydrogen (secondary N) is 2. The summed E-state index contributed by atoms with van der Waals surface area (Å²) < 4.78 is 45.1. The van der Waals surface area contributed by atoms with Crippen LogP contribution in [0.1, 0.15) is 21.6 Å². The lowest BCUT2D eigenvalue weighted by atomic mass is 10.1. The van der Waals surface area contributed by atoms with E-state index in [2.05, 4.69) is 9.97 Å². The second-order valence-corrected chi connectivity index (χ2v) is 5.77. The van der Waals surface area contributed by atoms with Crippen LogP contribution in [-0.2, 0) is 18.0 Å². The van der Waals surface area contributed by atoms with E-state index in [1.54, 1.807) is 12.5 Å². The molecular weight excluding hydrogens is 379 g/mol. The van der Waals surface area contributed by atoms with Gasteiger partial charge in [-0.25, -0.2) is 14.8 Å². The lowest BCUT2D eigenvalue weighted by Gasteiger charge is -2.10. The topological polar surface area (TPSA) is 113 Å². The van der Waals surface area contributed by atoms with E-state index in [0.29, 0.717) is 5.52 Å². The van der Waals surface area contributed by atoms with Crippen LogP contribution in [0.25, 0.3) is 22.6 Å². The zero-order valence-corrected chi connectivity index (χ0v) is 14.6. The Morgan fingerprint density at radius 1 is 1.25 bits per heavy atom. The molecule has 11 heteroatoms. The average molecular weight is 393 g/mol. The van der Waals surface area contributed by atoms with Crippen LogP contribution in [0, 0.1) is 5.41 Å². The number of benzene rings is 1. The molecule has 0 bridgehead atoms. The number of hydroxylamine groups is 1. The number of imidazole rings is 1. The Morgan fingerprint density at radius 2 is 1.96 bits per heavy atom. The van der Waals surface area contributed by atoms with Crippen LogP contribution < -0.4 is 5.48 Å². The zero-order valence-electron chi connectivity index (χ0n) is 14.6. The average Bonchev–Trinajstić information content (AvgIpc) is 3.01. The summed E-state index contributed by atoms with van der Waals surface area (Å²) in [5.74, 6) is -1.07. The SMILES string of the molecule is COC(=O)c1ccc(C(=N)NO)nc1-c1nc2cc(C(F)(F)F)ccc2n1C. The highest BCUT2D eigenvalue weighted by Gasteiger charge is 2.31. The zero-order chi connectivity index (χ0) is 20.6. The number of pyridine rings is 1. The van der Waals surface area contributed by atoms with E-state index in [4.69, 9.17) is 15.4 Å². The Hall–Kier alpha value is -3.47. The number of amidine groups is 1. The first kappa shape index (κ1) is 19.3. The number of rotatable bonds is 3. The van der Waals surface area contributed by atoms with Crippen LogP contribution >= 0.6 is 0 Å². The number of aromatic nitrogens is 3. The van der Waals surface area contributed by atoms with Crippen LogP contribution in [0.4, 0.5) is 13.2 Å². The van der Waals surface area contributed by atoms with Crippen molar-refractivity contribution in [2.75, 3.05) is 7.11 Å². The fourth-order valence-electron chi connectivity index (χ4n) is 2.69. The Labute approximate surface area is 156 Å². The van der Waals surface area contributed by atoms with Gasteiger partial charge in [0, 0.05) is 7.05 Å². The van der Waals surface area contributed by atoms with Crippen molar-refractivity contribution in [1.29, 1.82) is 5.41 Å². The smallest absolute Gasteiger partial charge is 0.416 e. The van der Waals surface area contributed by atoms with Gasteiger partial charge in [-0.2, -0.15) is 13.2 Å². The van der Waals surface area contributed by atoms with E-state index >= 15 is 0 Å². The Balaban J connectivity index is 2.26. The number of ether oxygens (including phenoxy) is 1. The summed E-state index contributed by atoms with van der Waals surface area (Å²) in [7, 11) is 2.73. The molecule has 8 nitrogen and oxygen atoms in total. The summed E-state index contributed by atoms with van der Waals surface area (Å²) in [5.41, 5.74) is 1.23. The molecule has 0 saturated heterocycles.